The second kappa shape index (κ2) is 7.58. The first-order valence-electron chi connectivity index (χ1n) is 7.84. The van der Waals surface area contributed by atoms with Gasteiger partial charge in [0.15, 0.2) is 0 Å². The molecule has 2 aromatic carbocycles. The van der Waals surface area contributed by atoms with Gasteiger partial charge >= 0.3 is 0 Å². The van der Waals surface area contributed by atoms with Crippen molar-refractivity contribution in [3.05, 3.63) is 59.7 Å². The van der Waals surface area contributed by atoms with Crippen LogP contribution in [0.4, 0.5) is 11.4 Å². The van der Waals surface area contributed by atoms with Crippen molar-refractivity contribution in [1.29, 1.82) is 0 Å². The highest BCUT2D eigenvalue weighted by atomic mass is 16.2. The van der Waals surface area contributed by atoms with Gasteiger partial charge in [-0.25, -0.2) is 0 Å². The Morgan fingerprint density at radius 1 is 1.04 bits per heavy atom. The Bertz CT molecular complexity index is 710. The molecule has 2 aromatic rings. The molecule has 0 heterocycles. The molecule has 0 aliphatic heterocycles. The maximum Gasteiger partial charge on any atom is 0.258 e. The fraction of sp³-hybridized carbons (Fsp3) is 0.263. The molecule has 0 aromatic heterocycles. The van der Waals surface area contributed by atoms with Gasteiger partial charge in [0.05, 0.1) is 0 Å². The number of para-hydroxylation sites is 1. The van der Waals surface area contributed by atoms with E-state index >= 15 is 0 Å². The number of nitrogens with one attached hydrogen (secondary N) is 1. The number of hydrogen-bond donors (Lipinski definition) is 1. The van der Waals surface area contributed by atoms with Gasteiger partial charge in [0.1, 0.15) is 0 Å². The third kappa shape index (κ3) is 3.97. The van der Waals surface area contributed by atoms with E-state index in [2.05, 4.69) is 5.32 Å². The number of aryl methyl sites for hydroxylation is 1. The average molecular weight is 310 g/mol. The number of hydrogen-bond acceptors (Lipinski definition) is 2. The molecule has 4 nitrogen and oxygen atoms in total. The third-order valence-electron chi connectivity index (χ3n) is 3.68. The molecule has 0 radical (unpaired) electrons. The third-order valence-corrected chi connectivity index (χ3v) is 3.68. The van der Waals surface area contributed by atoms with Gasteiger partial charge in [-0.05, 0) is 43.7 Å². The molecule has 120 valence electrons. The maximum absolute atomic E-state index is 12.8. The van der Waals surface area contributed by atoms with Crippen LogP contribution >= 0.6 is 0 Å². The van der Waals surface area contributed by atoms with Crippen LogP contribution in [0.1, 0.15) is 36.2 Å². The van der Waals surface area contributed by atoms with E-state index in [9.17, 15) is 9.59 Å². The minimum Gasteiger partial charge on any atom is -0.326 e. The Kier molecular flexibility index (Phi) is 5.52. The second-order valence-corrected chi connectivity index (χ2v) is 5.32. The number of anilines is 2. The van der Waals surface area contributed by atoms with Crippen molar-refractivity contribution in [2.75, 3.05) is 16.8 Å². The molecule has 0 bridgehead atoms. The SMILES string of the molecule is CCC(=O)Nc1cccc(C(=O)N(CC)c2ccccc2C)c1. The first kappa shape index (κ1) is 16.7. The summed E-state index contributed by atoms with van der Waals surface area (Å²) in [6, 6.07) is 14.9. The molecular weight excluding hydrogens is 288 g/mol. The minimum absolute atomic E-state index is 0.0687. The molecular formula is C19H22N2O2. The summed E-state index contributed by atoms with van der Waals surface area (Å²) >= 11 is 0. The van der Waals surface area contributed by atoms with Crippen molar-refractivity contribution < 1.29 is 9.59 Å². The van der Waals surface area contributed by atoms with Gasteiger partial charge in [0, 0.05) is 29.9 Å². The molecule has 0 saturated heterocycles. The molecule has 2 amide bonds. The summed E-state index contributed by atoms with van der Waals surface area (Å²) in [5.74, 6) is -0.143. The van der Waals surface area contributed by atoms with Gasteiger partial charge in [-0.2, -0.15) is 0 Å². The van der Waals surface area contributed by atoms with Crippen molar-refractivity contribution in [2.24, 2.45) is 0 Å². The van der Waals surface area contributed by atoms with E-state index in [1.807, 2.05) is 38.1 Å². The van der Waals surface area contributed by atoms with E-state index in [0.29, 0.717) is 24.2 Å². The van der Waals surface area contributed by atoms with Crippen molar-refractivity contribution in [1.82, 2.24) is 0 Å². The molecule has 0 spiro atoms. The van der Waals surface area contributed by atoms with Crippen molar-refractivity contribution in [2.45, 2.75) is 27.2 Å². The predicted octanol–water partition coefficient (Wildman–Crippen LogP) is 4.01. The van der Waals surface area contributed by atoms with Gasteiger partial charge in [-0.15, -0.1) is 0 Å². The average Bonchev–Trinajstić information content (AvgIpc) is 2.57. The highest BCUT2D eigenvalue weighted by Gasteiger charge is 2.17. The standard InChI is InChI=1S/C19H22N2O2/c1-4-18(22)20-16-11-8-10-15(13-16)19(23)21(5-2)17-12-7-6-9-14(17)3/h6-13H,4-5H2,1-3H3,(H,20,22). The molecule has 0 aliphatic carbocycles. The summed E-state index contributed by atoms with van der Waals surface area (Å²) in [6.45, 7) is 6.31. The van der Waals surface area contributed by atoms with Gasteiger partial charge in [-0.1, -0.05) is 31.2 Å². The summed E-state index contributed by atoms with van der Waals surface area (Å²) in [6.07, 6.45) is 0.405. The number of nitrogens with zero attached hydrogens (tertiary/aromatic N) is 1. The number of carbonyl (C=O) groups is 2. The zero-order valence-electron chi connectivity index (χ0n) is 13.8. The van der Waals surface area contributed by atoms with Crippen LogP contribution in [0.5, 0.6) is 0 Å². The van der Waals surface area contributed by atoms with Crippen LogP contribution in [0.3, 0.4) is 0 Å². The molecule has 0 fully saturated rings. The van der Waals surface area contributed by atoms with Crippen LogP contribution in [0.2, 0.25) is 0 Å². The summed E-state index contributed by atoms with van der Waals surface area (Å²) in [5.41, 5.74) is 3.16. The van der Waals surface area contributed by atoms with Crippen molar-refractivity contribution in [3.8, 4) is 0 Å². The zero-order chi connectivity index (χ0) is 16.8. The maximum atomic E-state index is 12.8. The molecule has 23 heavy (non-hydrogen) atoms. The Labute approximate surface area is 137 Å². The fourth-order valence-electron chi connectivity index (χ4n) is 2.42. The molecule has 1 N–H and O–H groups in total. The quantitative estimate of drug-likeness (QED) is 0.907. The lowest BCUT2D eigenvalue weighted by Crippen LogP contribution is -2.31. The van der Waals surface area contributed by atoms with Crippen LogP contribution < -0.4 is 10.2 Å². The first-order chi connectivity index (χ1) is 11.1. The van der Waals surface area contributed by atoms with Gasteiger partial charge in [0.2, 0.25) is 5.91 Å². The number of benzene rings is 2. The smallest absolute Gasteiger partial charge is 0.258 e. The summed E-state index contributed by atoms with van der Waals surface area (Å²) in [5, 5.41) is 2.79. The molecule has 0 atom stereocenters. The highest BCUT2D eigenvalue weighted by Crippen LogP contribution is 2.22. The molecule has 0 unspecified atom stereocenters. The second-order valence-electron chi connectivity index (χ2n) is 5.32. The van der Waals surface area contributed by atoms with Crippen LogP contribution in [-0.2, 0) is 4.79 Å². The Morgan fingerprint density at radius 2 is 1.78 bits per heavy atom. The lowest BCUT2D eigenvalue weighted by Gasteiger charge is -2.23. The minimum atomic E-state index is -0.0746. The topological polar surface area (TPSA) is 49.4 Å². The zero-order valence-corrected chi connectivity index (χ0v) is 13.8. The van der Waals surface area contributed by atoms with Crippen molar-refractivity contribution in [3.63, 3.8) is 0 Å². The number of amides is 2. The lowest BCUT2D eigenvalue weighted by atomic mass is 10.1. The van der Waals surface area contributed by atoms with Crippen LogP contribution in [0.25, 0.3) is 0 Å². The van der Waals surface area contributed by atoms with E-state index in [1.54, 1.807) is 36.1 Å². The van der Waals surface area contributed by atoms with Gasteiger partial charge in [0.25, 0.3) is 5.91 Å². The Balaban J connectivity index is 2.30. The van der Waals surface area contributed by atoms with Gasteiger partial charge < -0.3 is 10.2 Å². The van der Waals surface area contributed by atoms with Crippen molar-refractivity contribution >= 4 is 23.2 Å². The normalized spacial score (nSPS) is 10.2. The molecule has 4 heteroatoms. The summed E-state index contributed by atoms with van der Waals surface area (Å²) in [7, 11) is 0. The van der Waals surface area contributed by atoms with E-state index in [4.69, 9.17) is 0 Å². The van der Waals surface area contributed by atoms with Crippen LogP contribution in [0, 0.1) is 6.92 Å². The largest absolute Gasteiger partial charge is 0.326 e. The Hall–Kier alpha value is -2.62. The van der Waals surface area contributed by atoms with E-state index in [-0.39, 0.29) is 11.8 Å². The summed E-state index contributed by atoms with van der Waals surface area (Å²) in [4.78, 5) is 26.1. The Morgan fingerprint density at radius 3 is 2.43 bits per heavy atom. The van der Waals surface area contributed by atoms with Crippen LogP contribution in [-0.4, -0.2) is 18.4 Å². The van der Waals surface area contributed by atoms with Crippen LogP contribution in [0.15, 0.2) is 48.5 Å². The van der Waals surface area contributed by atoms with Gasteiger partial charge in [-0.3, -0.25) is 9.59 Å². The predicted molar refractivity (Wildman–Crippen MR) is 93.9 cm³/mol. The lowest BCUT2D eigenvalue weighted by molar-refractivity contribution is -0.115. The highest BCUT2D eigenvalue weighted by molar-refractivity contribution is 6.07. The number of rotatable bonds is 5. The first-order valence-corrected chi connectivity index (χ1v) is 7.84. The molecule has 0 saturated carbocycles. The van der Waals surface area contributed by atoms with E-state index < -0.39 is 0 Å². The molecule has 0 aliphatic rings. The number of carbonyl (C=O) groups excluding carboxylic acids is 2. The monoisotopic (exact) mass is 310 g/mol. The summed E-state index contributed by atoms with van der Waals surface area (Å²) < 4.78 is 0. The fourth-order valence-corrected chi connectivity index (χ4v) is 2.42. The molecule has 2 rings (SSSR count). The van der Waals surface area contributed by atoms with E-state index in [1.165, 1.54) is 0 Å². The van der Waals surface area contributed by atoms with E-state index in [0.717, 1.165) is 11.3 Å².